The number of anilines is 1. The summed E-state index contributed by atoms with van der Waals surface area (Å²) < 4.78 is 0.962. The van der Waals surface area contributed by atoms with Gasteiger partial charge < -0.3 is 5.11 Å². The Hall–Kier alpha value is -2.21. The molecular formula is C30H24BrCl2IN2O5. The van der Waals surface area contributed by atoms with Crippen molar-refractivity contribution in [2.24, 2.45) is 17.8 Å². The molecule has 6 atom stereocenters. The highest BCUT2D eigenvalue weighted by Gasteiger charge is 2.76. The van der Waals surface area contributed by atoms with Crippen LogP contribution in [0.2, 0.25) is 0 Å². The molecule has 0 bridgehead atoms. The number of halogens is 4. The van der Waals surface area contributed by atoms with Gasteiger partial charge in [0.1, 0.15) is 5.75 Å². The topological polar surface area (TPSA) is 95.0 Å². The van der Waals surface area contributed by atoms with Crippen molar-refractivity contribution in [2.45, 2.75) is 34.9 Å². The zero-order valence-electron chi connectivity index (χ0n) is 21.5. The third kappa shape index (κ3) is 3.87. The number of imide groups is 2. The molecule has 41 heavy (non-hydrogen) atoms. The first-order valence-electron chi connectivity index (χ1n) is 13.1. The van der Waals surface area contributed by atoms with Gasteiger partial charge in [-0.25, -0.2) is 0 Å². The number of amides is 4. The highest BCUT2D eigenvalue weighted by atomic mass is 127. The fourth-order valence-corrected chi connectivity index (χ4v) is 8.88. The molecule has 0 radical (unpaired) electrons. The number of nitrogens with zero attached hydrogens (tertiary/aromatic N) is 2. The van der Waals surface area contributed by atoms with Crippen LogP contribution in [-0.2, 0) is 25.6 Å². The fraction of sp³-hybridized carbons (Fsp3) is 0.333. The molecule has 3 fully saturated rings. The molecule has 2 aromatic rings. The van der Waals surface area contributed by atoms with E-state index < -0.39 is 45.2 Å². The Balaban J connectivity index is 1.54. The van der Waals surface area contributed by atoms with Crippen LogP contribution in [0.4, 0.5) is 5.69 Å². The quantitative estimate of drug-likeness (QED) is 0.140. The summed E-state index contributed by atoms with van der Waals surface area (Å²) in [4.78, 5) is 53.7. The number of alkyl halides is 3. The van der Waals surface area contributed by atoms with Gasteiger partial charge in [0, 0.05) is 15.1 Å². The van der Waals surface area contributed by atoms with E-state index in [1.165, 1.54) is 4.90 Å². The fourth-order valence-electron chi connectivity index (χ4n) is 7.11. The third-order valence-electron chi connectivity index (χ3n) is 8.93. The molecule has 2 heterocycles. The second-order valence-corrected chi connectivity index (χ2v) is 13.8. The number of hydrogen-bond donors (Lipinski definition) is 1. The average Bonchev–Trinajstić information content (AvgIpc) is 3.28. The lowest BCUT2D eigenvalue weighted by atomic mass is 9.56. The van der Waals surface area contributed by atoms with E-state index in [2.05, 4.69) is 45.1 Å². The molecule has 1 saturated carbocycles. The van der Waals surface area contributed by atoms with Gasteiger partial charge in [0.05, 0.1) is 23.0 Å². The highest BCUT2D eigenvalue weighted by molar-refractivity contribution is 14.1. The molecule has 2 aliphatic heterocycles. The molecule has 0 spiro atoms. The lowest BCUT2D eigenvalue weighted by molar-refractivity contribution is -0.138. The number of hydrogen-bond acceptors (Lipinski definition) is 5. The molecule has 0 unspecified atom stereocenters. The van der Waals surface area contributed by atoms with Crippen LogP contribution in [0, 0.1) is 21.3 Å². The van der Waals surface area contributed by atoms with Crippen molar-refractivity contribution in [1.82, 2.24) is 4.90 Å². The molecule has 7 nitrogen and oxygen atoms in total. The van der Waals surface area contributed by atoms with Crippen molar-refractivity contribution >= 4 is 91.0 Å². The Morgan fingerprint density at radius 2 is 1.76 bits per heavy atom. The lowest BCUT2D eigenvalue weighted by Crippen LogP contribution is -2.60. The Morgan fingerprint density at radius 3 is 2.41 bits per heavy atom. The van der Waals surface area contributed by atoms with E-state index in [4.69, 9.17) is 23.2 Å². The van der Waals surface area contributed by atoms with Crippen molar-refractivity contribution in [3.05, 3.63) is 81.5 Å². The number of rotatable bonds is 5. The van der Waals surface area contributed by atoms with Crippen LogP contribution in [0.5, 0.6) is 5.75 Å². The summed E-state index contributed by atoms with van der Waals surface area (Å²) in [6, 6.07) is 12.3. The number of aromatic hydroxyl groups is 1. The number of carbonyl (C=O) groups excluding carboxylic acids is 4. The molecule has 4 amide bonds. The maximum absolute atomic E-state index is 14.1. The van der Waals surface area contributed by atoms with Gasteiger partial charge in [-0.15, -0.1) is 29.8 Å². The number of phenols is 1. The maximum Gasteiger partial charge on any atom is 0.254 e. The summed E-state index contributed by atoms with van der Waals surface area (Å²) in [6.45, 7) is 3.76. The van der Waals surface area contributed by atoms with Gasteiger partial charge >= 0.3 is 0 Å². The van der Waals surface area contributed by atoms with Crippen molar-refractivity contribution in [3.63, 3.8) is 0 Å². The van der Waals surface area contributed by atoms with E-state index in [-0.39, 0.29) is 35.9 Å². The third-order valence-corrected chi connectivity index (χ3v) is 11.6. The zero-order chi connectivity index (χ0) is 29.4. The number of benzene rings is 2. The Bertz CT molecular complexity index is 1560. The molecule has 2 saturated heterocycles. The van der Waals surface area contributed by atoms with E-state index in [1.807, 2.05) is 18.2 Å². The number of para-hydroxylation sites is 1. The second-order valence-electron chi connectivity index (χ2n) is 10.8. The number of fused-ring (bicyclic) bond motifs is 4. The Labute approximate surface area is 268 Å². The monoisotopic (exact) mass is 768 g/mol. The number of carbonyl (C=O) groups is 4. The molecule has 0 aromatic heterocycles. The Morgan fingerprint density at radius 1 is 1.05 bits per heavy atom. The van der Waals surface area contributed by atoms with Crippen LogP contribution in [0.15, 0.2) is 66.8 Å². The number of likely N-dealkylation sites (tertiary alicyclic amines) is 1. The average molecular weight is 770 g/mol. The van der Waals surface area contributed by atoms with E-state index in [1.54, 1.807) is 36.4 Å². The SMILES string of the molecule is C=CCc1cccc([C@H]2C3=CC[C@@H]4C(=O)N(c5ccc(I)cc5)C(=O)[C@@H]4[C@@H]3C[C@@]3(Cl)C(=O)N(CBr)C(=O)[C@@]23Cl)c1O. The van der Waals surface area contributed by atoms with E-state index in [0.29, 0.717) is 28.8 Å². The first kappa shape index (κ1) is 28.9. The standard InChI is InChI=1S/C30H24BrCl2IN2O5/c1-2-4-15-5-3-6-20(24(15)37)23-18-11-12-19-22(26(39)36(25(19)38)17-9-7-16(34)8-10-17)21(18)13-29(32)27(40)35(14-31)28(41)30(23,29)33/h2-3,5-11,19,21-23,37H,1,4,12-14H2/t19-,21+,22-,23+,29+,30-/m0/s1. The molecule has 4 aliphatic rings. The van der Waals surface area contributed by atoms with E-state index in [0.717, 1.165) is 8.47 Å². The largest absolute Gasteiger partial charge is 0.507 e. The van der Waals surface area contributed by atoms with Crippen LogP contribution >= 0.6 is 61.7 Å². The minimum Gasteiger partial charge on any atom is -0.507 e. The van der Waals surface area contributed by atoms with Crippen molar-refractivity contribution < 1.29 is 24.3 Å². The Kier molecular flexibility index (Phi) is 7.19. The van der Waals surface area contributed by atoms with Crippen molar-refractivity contribution in [3.8, 4) is 5.75 Å². The van der Waals surface area contributed by atoms with Gasteiger partial charge in [-0.1, -0.05) is 51.9 Å². The van der Waals surface area contributed by atoms with Crippen LogP contribution in [0.3, 0.4) is 0 Å². The van der Waals surface area contributed by atoms with Gasteiger partial charge in [0.15, 0.2) is 9.75 Å². The summed E-state index contributed by atoms with van der Waals surface area (Å²) >= 11 is 19.9. The van der Waals surface area contributed by atoms with Gasteiger partial charge in [-0.2, -0.15) is 0 Å². The molecule has 2 aliphatic carbocycles. The molecular weight excluding hydrogens is 746 g/mol. The van der Waals surface area contributed by atoms with Crippen LogP contribution in [0.25, 0.3) is 0 Å². The normalized spacial score (nSPS) is 32.5. The van der Waals surface area contributed by atoms with Crippen LogP contribution < -0.4 is 4.90 Å². The van der Waals surface area contributed by atoms with Crippen LogP contribution in [-0.4, -0.2) is 48.8 Å². The molecule has 6 rings (SSSR count). The first-order chi connectivity index (χ1) is 19.5. The lowest BCUT2D eigenvalue weighted by Gasteiger charge is -2.50. The van der Waals surface area contributed by atoms with Gasteiger partial charge in [-0.3, -0.25) is 29.0 Å². The number of allylic oxidation sites excluding steroid dienone is 3. The zero-order valence-corrected chi connectivity index (χ0v) is 26.8. The highest BCUT2D eigenvalue weighted by Crippen LogP contribution is 2.66. The molecule has 11 heteroatoms. The molecule has 2 aromatic carbocycles. The minimum absolute atomic E-state index is 0.0769. The van der Waals surface area contributed by atoms with Gasteiger partial charge in [-0.05, 0) is 77.6 Å². The molecule has 1 N–H and O–H groups in total. The van der Waals surface area contributed by atoms with E-state index in [9.17, 15) is 24.3 Å². The summed E-state index contributed by atoms with van der Waals surface area (Å²) in [5, 5.41) is 11.4. The van der Waals surface area contributed by atoms with Crippen LogP contribution in [0.1, 0.15) is 29.9 Å². The van der Waals surface area contributed by atoms with E-state index >= 15 is 0 Å². The summed E-state index contributed by atoms with van der Waals surface area (Å²) in [7, 11) is 0. The molecule has 212 valence electrons. The number of phenolic OH excluding ortho intramolecular Hbond substituents is 1. The predicted molar refractivity (Wildman–Crippen MR) is 167 cm³/mol. The predicted octanol–water partition coefficient (Wildman–Crippen LogP) is 5.64. The van der Waals surface area contributed by atoms with Gasteiger partial charge in [0.25, 0.3) is 11.8 Å². The van der Waals surface area contributed by atoms with Gasteiger partial charge in [0.2, 0.25) is 11.8 Å². The maximum atomic E-state index is 14.1. The first-order valence-corrected chi connectivity index (χ1v) is 16.0. The summed E-state index contributed by atoms with van der Waals surface area (Å²) in [5.41, 5.74) is 1.90. The minimum atomic E-state index is -1.97. The summed E-state index contributed by atoms with van der Waals surface area (Å²) in [6.07, 6.45) is 4.00. The second kappa shape index (κ2) is 10.2. The smallest absolute Gasteiger partial charge is 0.254 e. The summed E-state index contributed by atoms with van der Waals surface area (Å²) in [5.74, 6) is -5.26. The van der Waals surface area contributed by atoms with Crippen molar-refractivity contribution in [2.75, 3.05) is 10.4 Å². The van der Waals surface area contributed by atoms with Crippen molar-refractivity contribution in [1.29, 1.82) is 0 Å².